The minimum Gasteiger partial charge on any atom is -0.352 e. The topological polar surface area (TPSA) is 71.3 Å². The van der Waals surface area contributed by atoms with Crippen molar-refractivity contribution < 1.29 is 9.32 Å². The number of benzene rings is 1. The fourth-order valence-electron chi connectivity index (χ4n) is 3.54. The summed E-state index contributed by atoms with van der Waals surface area (Å²) in [5.41, 5.74) is 1.31. The number of piperidine rings is 1. The van der Waals surface area contributed by atoms with Crippen LogP contribution in [0.25, 0.3) is 10.7 Å². The van der Waals surface area contributed by atoms with Crippen molar-refractivity contribution in [3.05, 3.63) is 59.3 Å². The average molecular weight is 397 g/mol. The van der Waals surface area contributed by atoms with Crippen LogP contribution in [0, 0.1) is 0 Å². The fraction of sp³-hybridized carbons (Fsp3) is 0.381. The number of hydrogen-bond donors (Lipinski definition) is 1. The Balaban J connectivity index is 1.23. The van der Waals surface area contributed by atoms with Gasteiger partial charge in [0.1, 0.15) is 0 Å². The van der Waals surface area contributed by atoms with Crippen molar-refractivity contribution in [2.45, 2.75) is 38.3 Å². The Kier molecular flexibility index (Phi) is 6.14. The van der Waals surface area contributed by atoms with Crippen molar-refractivity contribution in [2.75, 3.05) is 13.1 Å². The molecular weight excluding hydrogens is 372 g/mol. The number of carbonyl (C=O) groups is 1. The lowest BCUT2D eigenvalue weighted by Crippen LogP contribution is -2.47. The first-order valence-electron chi connectivity index (χ1n) is 9.68. The molecule has 0 radical (unpaired) electrons. The molecule has 146 valence electrons. The lowest BCUT2D eigenvalue weighted by molar-refractivity contribution is -0.122. The Labute approximate surface area is 168 Å². The number of amides is 1. The standard InChI is InChI=1S/C21H24N4O2S/c26-19(10-11-20-23-21(24-27-20)18-9-5-13-28-18)22-17-8-4-12-25(15-17)14-16-6-2-1-3-7-16/h1-3,5-7,9,13,17H,4,8,10-12,14-15H2,(H,22,26). The first-order valence-corrected chi connectivity index (χ1v) is 10.6. The Morgan fingerprint density at radius 3 is 2.96 bits per heavy atom. The Morgan fingerprint density at radius 2 is 2.14 bits per heavy atom. The van der Waals surface area contributed by atoms with Gasteiger partial charge < -0.3 is 9.84 Å². The quantitative estimate of drug-likeness (QED) is 0.662. The summed E-state index contributed by atoms with van der Waals surface area (Å²) >= 11 is 1.57. The van der Waals surface area contributed by atoms with Crippen LogP contribution in [-0.2, 0) is 17.8 Å². The van der Waals surface area contributed by atoms with Crippen LogP contribution in [0.2, 0.25) is 0 Å². The van der Waals surface area contributed by atoms with Crippen molar-refractivity contribution in [2.24, 2.45) is 0 Å². The Bertz CT molecular complexity index is 879. The van der Waals surface area contributed by atoms with Gasteiger partial charge in [0.25, 0.3) is 0 Å². The predicted molar refractivity (Wildman–Crippen MR) is 109 cm³/mol. The molecule has 3 aromatic rings. The molecule has 2 aromatic heterocycles. The highest BCUT2D eigenvalue weighted by Gasteiger charge is 2.21. The highest BCUT2D eigenvalue weighted by atomic mass is 32.1. The molecule has 1 saturated heterocycles. The number of hydrogen-bond acceptors (Lipinski definition) is 6. The third kappa shape index (κ3) is 5.05. The molecule has 0 spiro atoms. The van der Waals surface area contributed by atoms with Gasteiger partial charge in [0, 0.05) is 32.0 Å². The van der Waals surface area contributed by atoms with Crippen LogP contribution in [0.15, 0.2) is 52.4 Å². The molecule has 1 N–H and O–H groups in total. The van der Waals surface area contributed by atoms with E-state index in [0.29, 0.717) is 24.6 Å². The molecule has 3 heterocycles. The molecule has 7 heteroatoms. The average Bonchev–Trinajstić information content (AvgIpc) is 3.39. The molecule has 28 heavy (non-hydrogen) atoms. The Hall–Kier alpha value is -2.51. The zero-order valence-corrected chi connectivity index (χ0v) is 16.5. The summed E-state index contributed by atoms with van der Waals surface area (Å²) < 4.78 is 5.27. The second kappa shape index (κ2) is 9.12. The monoisotopic (exact) mass is 396 g/mol. The molecule has 4 rings (SSSR count). The van der Waals surface area contributed by atoms with E-state index in [2.05, 4.69) is 44.6 Å². The molecule has 0 aliphatic carbocycles. The van der Waals surface area contributed by atoms with E-state index in [1.54, 1.807) is 11.3 Å². The van der Waals surface area contributed by atoms with Gasteiger partial charge in [-0.05, 0) is 36.4 Å². The van der Waals surface area contributed by atoms with E-state index in [-0.39, 0.29) is 11.9 Å². The van der Waals surface area contributed by atoms with Gasteiger partial charge in [-0.1, -0.05) is 41.6 Å². The number of likely N-dealkylation sites (tertiary alicyclic amines) is 1. The van der Waals surface area contributed by atoms with Crippen LogP contribution < -0.4 is 5.32 Å². The number of aryl methyl sites for hydroxylation is 1. The van der Waals surface area contributed by atoms with Crippen LogP contribution in [0.3, 0.4) is 0 Å². The largest absolute Gasteiger partial charge is 0.352 e. The zero-order valence-electron chi connectivity index (χ0n) is 15.7. The molecule has 1 atom stereocenters. The summed E-state index contributed by atoms with van der Waals surface area (Å²) in [5, 5.41) is 9.14. The van der Waals surface area contributed by atoms with Crippen LogP contribution in [0.1, 0.15) is 30.7 Å². The summed E-state index contributed by atoms with van der Waals surface area (Å²) in [5.74, 6) is 1.14. The van der Waals surface area contributed by atoms with Crippen molar-refractivity contribution in [1.29, 1.82) is 0 Å². The van der Waals surface area contributed by atoms with E-state index in [1.165, 1.54) is 5.56 Å². The second-order valence-corrected chi connectivity index (χ2v) is 8.06. The van der Waals surface area contributed by atoms with Crippen LogP contribution in [0.4, 0.5) is 0 Å². The molecular formula is C21H24N4O2S. The smallest absolute Gasteiger partial charge is 0.227 e. The molecule has 1 aliphatic heterocycles. The number of nitrogens with one attached hydrogen (secondary N) is 1. The Morgan fingerprint density at radius 1 is 1.25 bits per heavy atom. The van der Waals surface area contributed by atoms with Gasteiger partial charge in [0.05, 0.1) is 4.88 Å². The van der Waals surface area contributed by atoms with Gasteiger partial charge in [-0.15, -0.1) is 11.3 Å². The maximum atomic E-state index is 12.4. The van der Waals surface area contributed by atoms with E-state index in [0.717, 1.165) is 37.4 Å². The third-order valence-electron chi connectivity index (χ3n) is 4.90. The van der Waals surface area contributed by atoms with Gasteiger partial charge in [0.2, 0.25) is 17.6 Å². The molecule has 1 fully saturated rings. The summed E-state index contributed by atoms with van der Waals surface area (Å²) in [6, 6.07) is 14.6. The SMILES string of the molecule is O=C(CCc1nc(-c2cccs2)no1)NC1CCCN(Cc2ccccc2)C1. The van der Waals surface area contributed by atoms with Gasteiger partial charge in [0.15, 0.2) is 0 Å². The zero-order chi connectivity index (χ0) is 19.2. The highest BCUT2D eigenvalue weighted by Crippen LogP contribution is 2.21. The minimum atomic E-state index is 0.0439. The number of aromatic nitrogens is 2. The summed E-state index contributed by atoms with van der Waals surface area (Å²) in [7, 11) is 0. The normalized spacial score (nSPS) is 17.5. The molecule has 1 amide bonds. The first-order chi connectivity index (χ1) is 13.8. The van der Waals surface area contributed by atoms with Gasteiger partial charge in [-0.2, -0.15) is 4.98 Å². The van der Waals surface area contributed by atoms with E-state index in [1.807, 2.05) is 23.6 Å². The lowest BCUT2D eigenvalue weighted by atomic mass is 10.0. The highest BCUT2D eigenvalue weighted by molar-refractivity contribution is 7.13. The molecule has 1 aliphatic rings. The van der Waals surface area contributed by atoms with E-state index in [4.69, 9.17) is 4.52 Å². The van der Waals surface area contributed by atoms with Crippen LogP contribution in [-0.4, -0.2) is 40.1 Å². The molecule has 0 bridgehead atoms. The van der Waals surface area contributed by atoms with E-state index in [9.17, 15) is 4.79 Å². The fourth-order valence-corrected chi connectivity index (χ4v) is 4.19. The first kappa shape index (κ1) is 18.8. The number of rotatable bonds is 7. The minimum absolute atomic E-state index is 0.0439. The predicted octanol–water partition coefficient (Wildman–Crippen LogP) is 3.51. The van der Waals surface area contributed by atoms with E-state index < -0.39 is 0 Å². The van der Waals surface area contributed by atoms with Gasteiger partial charge >= 0.3 is 0 Å². The molecule has 6 nitrogen and oxygen atoms in total. The maximum absolute atomic E-state index is 12.4. The van der Waals surface area contributed by atoms with E-state index >= 15 is 0 Å². The summed E-state index contributed by atoms with van der Waals surface area (Å²) in [6.07, 6.45) is 2.96. The van der Waals surface area contributed by atoms with Gasteiger partial charge in [-0.25, -0.2) is 0 Å². The maximum Gasteiger partial charge on any atom is 0.227 e. The van der Waals surface area contributed by atoms with Crippen LogP contribution in [0.5, 0.6) is 0 Å². The second-order valence-electron chi connectivity index (χ2n) is 7.12. The third-order valence-corrected chi connectivity index (χ3v) is 5.76. The van der Waals surface area contributed by atoms with Crippen molar-refractivity contribution in [3.63, 3.8) is 0 Å². The molecule has 0 saturated carbocycles. The van der Waals surface area contributed by atoms with Crippen molar-refractivity contribution >= 4 is 17.2 Å². The van der Waals surface area contributed by atoms with Crippen LogP contribution >= 0.6 is 11.3 Å². The molecule has 1 unspecified atom stereocenters. The lowest BCUT2D eigenvalue weighted by Gasteiger charge is -2.33. The van der Waals surface area contributed by atoms with Crippen molar-refractivity contribution in [1.82, 2.24) is 20.4 Å². The number of nitrogens with zero attached hydrogens (tertiary/aromatic N) is 3. The van der Waals surface area contributed by atoms with Gasteiger partial charge in [-0.3, -0.25) is 9.69 Å². The number of thiophene rings is 1. The number of carbonyl (C=O) groups excluding carboxylic acids is 1. The molecule has 1 aromatic carbocycles. The summed E-state index contributed by atoms with van der Waals surface area (Å²) in [6.45, 7) is 2.90. The van der Waals surface area contributed by atoms with Crippen molar-refractivity contribution in [3.8, 4) is 10.7 Å². The summed E-state index contributed by atoms with van der Waals surface area (Å²) in [4.78, 5) is 20.1.